The van der Waals surface area contributed by atoms with Gasteiger partial charge in [-0.1, -0.05) is 15.9 Å². The van der Waals surface area contributed by atoms with Crippen LogP contribution in [0.4, 0.5) is 0 Å². The number of likely N-dealkylation sites (tertiary alicyclic amines) is 1. The summed E-state index contributed by atoms with van der Waals surface area (Å²) in [5.41, 5.74) is 1.48. The number of alkyl halides is 1. The number of rotatable bonds is 2. The van der Waals surface area contributed by atoms with Crippen molar-refractivity contribution in [3.05, 3.63) is 21.9 Å². The van der Waals surface area contributed by atoms with Crippen molar-refractivity contribution in [2.75, 3.05) is 13.1 Å². The van der Waals surface area contributed by atoms with Crippen molar-refractivity contribution in [3.8, 4) is 0 Å². The van der Waals surface area contributed by atoms with E-state index in [1.807, 2.05) is 11.3 Å². The molecular weight excluding hydrogens is 246 g/mol. The Bertz CT molecular complexity index is 284. The molecule has 0 N–H and O–H groups in total. The van der Waals surface area contributed by atoms with E-state index in [2.05, 4.69) is 39.2 Å². The van der Waals surface area contributed by atoms with Crippen molar-refractivity contribution in [1.29, 1.82) is 0 Å². The van der Waals surface area contributed by atoms with Crippen molar-refractivity contribution < 1.29 is 0 Å². The Kier molecular flexibility index (Phi) is 3.06. The highest BCUT2D eigenvalue weighted by Gasteiger charge is 2.19. The molecule has 1 fully saturated rings. The Hall–Kier alpha value is 0.140. The molecule has 0 saturated carbocycles. The molecule has 1 aliphatic rings. The van der Waals surface area contributed by atoms with Crippen molar-refractivity contribution in [2.45, 2.75) is 24.7 Å². The van der Waals surface area contributed by atoms with E-state index < -0.39 is 0 Å². The van der Waals surface area contributed by atoms with Crippen LogP contribution >= 0.6 is 27.3 Å². The monoisotopic (exact) mass is 259 g/mol. The van der Waals surface area contributed by atoms with Crippen LogP contribution in [-0.4, -0.2) is 22.8 Å². The van der Waals surface area contributed by atoms with Gasteiger partial charge in [-0.3, -0.25) is 4.90 Å². The zero-order valence-corrected chi connectivity index (χ0v) is 10.2. The average molecular weight is 260 g/mol. The lowest BCUT2D eigenvalue weighted by molar-refractivity contribution is 0.333. The summed E-state index contributed by atoms with van der Waals surface area (Å²) in [6.45, 7) is 5.75. The molecule has 0 amide bonds. The van der Waals surface area contributed by atoms with E-state index in [1.54, 1.807) is 0 Å². The fraction of sp³-hybridized carbons (Fsp3) is 0.600. The summed E-state index contributed by atoms with van der Waals surface area (Å²) < 4.78 is 0. The van der Waals surface area contributed by atoms with Crippen LogP contribution in [-0.2, 0) is 6.54 Å². The molecular formula is C10H14BrNS. The van der Waals surface area contributed by atoms with Gasteiger partial charge in [0.15, 0.2) is 0 Å². The summed E-state index contributed by atoms with van der Waals surface area (Å²) >= 11 is 5.51. The summed E-state index contributed by atoms with van der Waals surface area (Å²) in [5, 5.41) is 2.27. The van der Waals surface area contributed by atoms with E-state index >= 15 is 0 Å². The molecule has 0 spiro atoms. The smallest absolute Gasteiger partial charge is 0.0285 e. The third-order valence-electron chi connectivity index (χ3n) is 2.41. The number of nitrogens with zero attached hydrogens (tertiary/aromatic N) is 1. The second-order valence-corrected chi connectivity index (χ2v) is 6.10. The third-order valence-corrected chi connectivity index (χ3v) is 4.06. The minimum Gasteiger partial charge on any atom is -0.298 e. The Balaban J connectivity index is 1.91. The predicted octanol–water partition coefficient (Wildman–Crippen LogP) is 3.03. The van der Waals surface area contributed by atoms with E-state index in [0.717, 1.165) is 6.54 Å². The molecule has 1 aromatic rings. The largest absolute Gasteiger partial charge is 0.298 e. The molecule has 1 nitrogen and oxygen atoms in total. The van der Waals surface area contributed by atoms with Crippen molar-refractivity contribution in [3.63, 3.8) is 0 Å². The lowest BCUT2D eigenvalue weighted by Gasteiger charge is -2.13. The molecule has 0 aromatic carbocycles. The zero-order valence-electron chi connectivity index (χ0n) is 7.79. The topological polar surface area (TPSA) is 3.24 Å². The molecule has 0 bridgehead atoms. The molecule has 2 heterocycles. The molecule has 1 atom stereocenters. The van der Waals surface area contributed by atoms with Gasteiger partial charge in [0.25, 0.3) is 0 Å². The molecule has 1 aliphatic heterocycles. The number of aryl methyl sites for hydroxylation is 1. The van der Waals surface area contributed by atoms with Gasteiger partial charge in [0, 0.05) is 22.8 Å². The van der Waals surface area contributed by atoms with E-state index in [4.69, 9.17) is 0 Å². The van der Waals surface area contributed by atoms with E-state index in [-0.39, 0.29) is 0 Å². The highest BCUT2D eigenvalue weighted by molar-refractivity contribution is 9.09. The van der Waals surface area contributed by atoms with Crippen LogP contribution in [0, 0.1) is 6.92 Å². The van der Waals surface area contributed by atoms with Gasteiger partial charge in [-0.15, -0.1) is 11.3 Å². The lowest BCUT2D eigenvalue weighted by Crippen LogP contribution is -2.19. The minimum atomic E-state index is 0.715. The standard InChI is InChI=1S/C10H14BrNS/c1-8-4-9(7-13-8)5-12-3-2-10(11)6-12/h4,7,10H,2-3,5-6H2,1H3. The number of hydrogen-bond acceptors (Lipinski definition) is 2. The number of hydrogen-bond donors (Lipinski definition) is 0. The second kappa shape index (κ2) is 4.11. The molecule has 13 heavy (non-hydrogen) atoms. The molecule has 2 rings (SSSR count). The molecule has 0 aliphatic carbocycles. The van der Waals surface area contributed by atoms with Gasteiger partial charge in [0.05, 0.1) is 0 Å². The van der Waals surface area contributed by atoms with Gasteiger partial charge in [-0.25, -0.2) is 0 Å². The van der Waals surface area contributed by atoms with E-state index in [0.29, 0.717) is 4.83 Å². The maximum absolute atomic E-state index is 3.66. The first-order valence-corrected chi connectivity index (χ1v) is 6.44. The van der Waals surface area contributed by atoms with E-state index in [1.165, 1.54) is 30.0 Å². The first-order chi connectivity index (χ1) is 6.24. The SMILES string of the molecule is Cc1cc(CN2CCC(Br)C2)cs1. The molecule has 1 aromatic heterocycles. The van der Waals surface area contributed by atoms with Gasteiger partial charge < -0.3 is 0 Å². The van der Waals surface area contributed by atoms with Crippen molar-refractivity contribution in [1.82, 2.24) is 4.90 Å². The summed E-state index contributed by atoms with van der Waals surface area (Å²) in [7, 11) is 0. The van der Waals surface area contributed by atoms with Crippen LogP contribution in [0.3, 0.4) is 0 Å². The predicted molar refractivity (Wildman–Crippen MR) is 61.7 cm³/mol. The van der Waals surface area contributed by atoms with Crippen LogP contribution < -0.4 is 0 Å². The first kappa shape index (κ1) is 9.69. The zero-order chi connectivity index (χ0) is 9.26. The molecule has 1 saturated heterocycles. The maximum atomic E-state index is 3.66. The molecule has 3 heteroatoms. The van der Waals surface area contributed by atoms with Crippen LogP contribution in [0.2, 0.25) is 0 Å². The Labute approximate surface area is 91.9 Å². The molecule has 1 unspecified atom stereocenters. The Morgan fingerprint density at radius 2 is 2.54 bits per heavy atom. The van der Waals surface area contributed by atoms with Crippen LogP contribution in [0.1, 0.15) is 16.9 Å². The number of halogens is 1. The van der Waals surface area contributed by atoms with Crippen LogP contribution in [0.15, 0.2) is 11.4 Å². The Morgan fingerprint density at radius 1 is 1.69 bits per heavy atom. The van der Waals surface area contributed by atoms with Crippen LogP contribution in [0.5, 0.6) is 0 Å². The van der Waals surface area contributed by atoms with Gasteiger partial charge in [0.2, 0.25) is 0 Å². The minimum absolute atomic E-state index is 0.715. The summed E-state index contributed by atoms with van der Waals surface area (Å²) in [6, 6.07) is 2.30. The van der Waals surface area contributed by atoms with Gasteiger partial charge in [-0.05, 0) is 36.9 Å². The first-order valence-electron chi connectivity index (χ1n) is 4.64. The average Bonchev–Trinajstić information content (AvgIpc) is 2.62. The van der Waals surface area contributed by atoms with Gasteiger partial charge in [0.1, 0.15) is 0 Å². The summed E-state index contributed by atoms with van der Waals surface area (Å²) in [5.74, 6) is 0. The lowest BCUT2D eigenvalue weighted by atomic mass is 10.3. The second-order valence-electron chi connectivity index (χ2n) is 3.69. The van der Waals surface area contributed by atoms with E-state index in [9.17, 15) is 0 Å². The van der Waals surface area contributed by atoms with Crippen molar-refractivity contribution >= 4 is 27.3 Å². The summed E-state index contributed by atoms with van der Waals surface area (Å²) in [6.07, 6.45) is 1.29. The summed E-state index contributed by atoms with van der Waals surface area (Å²) in [4.78, 5) is 4.65. The maximum Gasteiger partial charge on any atom is 0.0285 e. The molecule has 72 valence electrons. The quantitative estimate of drug-likeness (QED) is 0.739. The molecule has 0 radical (unpaired) electrons. The highest BCUT2D eigenvalue weighted by atomic mass is 79.9. The third kappa shape index (κ3) is 2.55. The van der Waals surface area contributed by atoms with Crippen LogP contribution in [0.25, 0.3) is 0 Å². The number of thiophene rings is 1. The highest BCUT2D eigenvalue weighted by Crippen LogP contribution is 2.21. The fourth-order valence-electron chi connectivity index (χ4n) is 1.77. The van der Waals surface area contributed by atoms with Gasteiger partial charge in [-0.2, -0.15) is 0 Å². The van der Waals surface area contributed by atoms with Gasteiger partial charge >= 0.3 is 0 Å². The van der Waals surface area contributed by atoms with Crippen molar-refractivity contribution in [2.24, 2.45) is 0 Å². The Morgan fingerprint density at radius 3 is 3.08 bits per heavy atom. The normalized spacial score (nSPS) is 24.0. The fourth-order valence-corrected chi connectivity index (χ4v) is 3.08.